The van der Waals surface area contributed by atoms with E-state index in [1.807, 2.05) is 12.2 Å². The van der Waals surface area contributed by atoms with E-state index in [4.69, 9.17) is 14.2 Å². The van der Waals surface area contributed by atoms with Crippen LogP contribution in [0, 0.1) is 0 Å². The summed E-state index contributed by atoms with van der Waals surface area (Å²) in [6.07, 6.45) is 64.3. The van der Waals surface area contributed by atoms with Gasteiger partial charge in [-0.3, -0.25) is 9.59 Å². The van der Waals surface area contributed by atoms with Gasteiger partial charge in [-0.1, -0.05) is 208 Å². The average Bonchev–Trinajstić information content (AvgIpc) is 3.22. The van der Waals surface area contributed by atoms with Crippen LogP contribution in [0.4, 0.5) is 0 Å². The van der Waals surface area contributed by atoms with Gasteiger partial charge in [0, 0.05) is 13.0 Å². The van der Waals surface area contributed by atoms with Crippen molar-refractivity contribution in [3.05, 3.63) is 97.2 Å². The molecule has 0 aromatic rings. The second kappa shape index (κ2) is 48.2. The number of allylic oxidation sites excluding steroid dienone is 15. The standard InChI is InChI=1S/C53H88O5/c1-4-7-10-13-16-19-22-24-26-28-30-33-36-39-42-45-48-56-49-51(58-53(55)47-44-41-38-35-31-21-18-15-12-9-6-3)50-57-52(54)46-43-40-37-34-32-29-27-25-23-20-17-14-11-8-5-2/h7-8,10-11,16-17,19-20,24-27,32,34,40,43,51H,4-6,9,12-15,18,21-23,28-31,33,35-39,41-42,44-50H2,1-3H3/b10-7-,11-8-,19-16-,20-17-,26-24-,27-25-,34-32-,43-40-. The molecule has 0 aromatic carbocycles. The summed E-state index contributed by atoms with van der Waals surface area (Å²) < 4.78 is 17.2. The van der Waals surface area contributed by atoms with E-state index >= 15 is 0 Å². The summed E-state index contributed by atoms with van der Waals surface area (Å²) in [7, 11) is 0. The third-order valence-electron chi connectivity index (χ3n) is 9.65. The first-order chi connectivity index (χ1) is 28.6. The molecule has 0 aliphatic carbocycles. The van der Waals surface area contributed by atoms with Crippen molar-refractivity contribution < 1.29 is 23.8 Å². The third-order valence-corrected chi connectivity index (χ3v) is 9.65. The number of hydrogen-bond donors (Lipinski definition) is 0. The van der Waals surface area contributed by atoms with E-state index in [1.54, 1.807) is 0 Å². The topological polar surface area (TPSA) is 61.8 Å². The van der Waals surface area contributed by atoms with Gasteiger partial charge in [0.2, 0.25) is 0 Å². The van der Waals surface area contributed by atoms with Gasteiger partial charge in [0.15, 0.2) is 6.10 Å². The minimum absolute atomic E-state index is 0.0224. The van der Waals surface area contributed by atoms with Crippen LogP contribution in [-0.4, -0.2) is 37.9 Å². The van der Waals surface area contributed by atoms with E-state index in [0.717, 1.165) is 89.9 Å². The van der Waals surface area contributed by atoms with Crippen LogP contribution in [0.3, 0.4) is 0 Å². The van der Waals surface area contributed by atoms with E-state index in [1.165, 1.54) is 77.0 Å². The van der Waals surface area contributed by atoms with Crippen LogP contribution >= 0.6 is 0 Å². The maximum atomic E-state index is 12.7. The van der Waals surface area contributed by atoms with E-state index in [-0.39, 0.29) is 31.6 Å². The summed E-state index contributed by atoms with van der Waals surface area (Å²) in [6.45, 7) is 7.45. The van der Waals surface area contributed by atoms with Crippen molar-refractivity contribution in [3.8, 4) is 0 Å². The molecule has 1 unspecified atom stereocenters. The normalized spacial score (nSPS) is 13.1. The first-order valence-corrected chi connectivity index (χ1v) is 23.8. The number of carbonyl (C=O) groups excluding carboxylic acids is 2. The Bertz CT molecular complexity index is 1140. The molecular formula is C53H88O5. The van der Waals surface area contributed by atoms with Crippen molar-refractivity contribution in [1.29, 1.82) is 0 Å². The Balaban J connectivity index is 4.41. The van der Waals surface area contributed by atoms with Crippen molar-refractivity contribution in [2.75, 3.05) is 19.8 Å². The molecule has 0 aliphatic heterocycles. The van der Waals surface area contributed by atoms with Gasteiger partial charge in [0.05, 0.1) is 13.0 Å². The summed E-state index contributed by atoms with van der Waals surface area (Å²) in [4.78, 5) is 25.2. The van der Waals surface area contributed by atoms with E-state index in [2.05, 4.69) is 106 Å². The first-order valence-electron chi connectivity index (χ1n) is 23.8. The largest absolute Gasteiger partial charge is 0.461 e. The van der Waals surface area contributed by atoms with Crippen molar-refractivity contribution >= 4 is 11.9 Å². The zero-order valence-corrected chi connectivity index (χ0v) is 37.8. The number of rotatable bonds is 42. The zero-order chi connectivity index (χ0) is 42.1. The fourth-order valence-corrected chi connectivity index (χ4v) is 6.18. The molecule has 0 amide bonds. The van der Waals surface area contributed by atoms with Crippen LogP contribution in [-0.2, 0) is 23.8 Å². The van der Waals surface area contributed by atoms with Crippen LogP contribution in [0.2, 0.25) is 0 Å². The molecular weight excluding hydrogens is 717 g/mol. The quantitative estimate of drug-likeness (QED) is 0.0349. The van der Waals surface area contributed by atoms with Gasteiger partial charge in [0.25, 0.3) is 0 Å². The second-order valence-corrected chi connectivity index (χ2v) is 15.3. The lowest BCUT2D eigenvalue weighted by molar-refractivity contribution is -0.162. The molecule has 0 fully saturated rings. The molecule has 0 heterocycles. The fourth-order valence-electron chi connectivity index (χ4n) is 6.18. The molecule has 5 nitrogen and oxygen atoms in total. The molecule has 0 radical (unpaired) electrons. The van der Waals surface area contributed by atoms with E-state index < -0.39 is 6.10 Å². The second-order valence-electron chi connectivity index (χ2n) is 15.3. The van der Waals surface area contributed by atoms with E-state index in [0.29, 0.717) is 13.0 Å². The molecule has 1 atom stereocenters. The first kappa shape index (κ1) is 54.8. The maximum absolute atomic E-state index is 12.7. The van der Waals surface area contributed by atoms with Crippen molar-refractivity contribution in [3.63, 3.8) is 0 Å². The van der Waals surface area contributed by atoms with Gasteiger partial charge >= 0.3 is 11.9 Å². The van der Waals surface area contributed by atoms with Crippen LogP contribution in [0.5, 0.6) is 0 Å². The molecule has 330 valence electrons. The van der Waals surface area contributed by atoms with Gasteiger partial charge in [-0.05, 0) is 77.0 Å². The van der Waals surface area contributed by atoms with Gasteiger partial charge in [-0.15, -0.1) is 0 Å². The number of esters is 2. The van der Waals surface area contributed by atoms with E-state index in [9.17, 15) is 9.59 Å². The highest BCUT2D eigenvalue weighted by molar-refractivity contribution is 5.71. The third kappa shape index (κ3) is 45.5. The molecule has 0 N–H and O–H groups in total. The number of unbranched alkanes of at least 4 members (excludes halogenated alkanes) is 16. The van der Waals surface area contributed by atoms with Crippen molar-refractivity contribution in [2.24, 2.45) is 0 Å². The highest BCUT2D eigenvalue weighted by Gasteiger charge is 2.17. The van der Waals surface area contributed by atoms with Crippen LogP contribution in [0.25, 0.3) is 0 Å². The zero-order valence-electron chi connectivity index (χ0n) is 37.8. The molecule has 0 spiro atoms. The number of ether oxygens (including phenoxy) is 3. The minimum Gasteiger partial charge on any atom is -0.461 e. The molecule has 0 aromatic heterocycles. The van der Waals surface area contributed by atoms with Crippen LogP contribution in [0.1, 0.15) is 201 Å². The summed E-state index contributed by atoms with van der Waals surface area (Å²) in [6, 6.07) is 0. The Labute approximate surface area is 358 Å². The molecule has 0 rings (SSSR count). The highest BCUT2D eigenvalue weighted by atomic mass is 16.6. The average molecular weight is 805 g/mol. The predicted molar refractivity (Wildman–Crippen MR) is 251 cm³/mol. The Hall–Kier alpha value is -3.18. The molecule has 0 saturated carbocycles. The lowest BCUT2D eigenvalue weighted by Gasteiger charge is -2.18. The smallest absolute Gasteiger partial charge is 0.309 e. The monoisotopic (exact) mass is 805 g/mol. The molecule has 5 heteroatoms. The Morgan fingerprint density at radius 3 is 1.33 bits per heavy atom. The Morgan fingerprint density at radius 1 is 0.414 bits per heavy atom. The summed E-state index contributed by atoms with van der Waals surface area (Å²) in [5.41, 5.74) is 0. The van der Waals surface area contributed by atoms with Gasteiger partial charge in [-0.2, -0.15) is 0 Å². The Morgan fingerprint density at radius 2 is 0.828 bits per heavy atom. The van der Waals surface area contributed by atoms with Gasteiger partial charge in [0.1, 0.15) is 6.61 Å². The van der Waals surface area contributed by atoms with Crippen LogP contribution < -0.4 is 0 Å². The minimum atomic E-state index is -0.584. The number of hydrogen-bond acceptors (Lipinski definition) is 5. The molecule has 0 saturated heterocycles. The van der Waals surface area contributed by atoms with Gasteiger partial charge < -0.3 is 14.2 Å². The lowest BCUT2D eigenvalue weighted by atomic mass is 10.1. The highest BCUT2D eigenvalue weighted by Crippen LogP contribution is 2.13. The molecule has 58 heavy (non-hydrogen) atoms. The Kier molecular flexibility index (Phi) is 45.5. The SMILES string of the molecule is CC/C=C\C/C=C\C/C=C\C/C=C\C/C=C\CC(=O)OCC(COCCCCCCCC/C=C\C/C=C\C/C=C\CC)OC(=O)CCCCCCCCCCCCC. The summed E-state index contributed by atoms with van der Waals surface area (Å²) >= 11 is 0. The molecule has 0 aliphatic rings. The predicted octanol–water partition coefficient (Wildman–Crippen LogP) is 15.9. The lowest BCUT2D eigenvalue weighted by Crippen LogP contribution is -2.30. The van der Waals surface area contributed by atoms with Crippen LogP contribution in [0.15, 0.2) is 97.2 Å². The van der Waals surface area contributed by atoms with Crippen molar-refractivity contribution in [2.45, 2.75) is 207 Å². The van der Waals surface area contributed by atoms with Crippen molar-refractivity contribution in [1.82, 2.24) is 0 Å². The molecule has 0 bridgehead atoms. The fraction of sp³-hybridized carbons (Fsp3) is 0.660. The summed E-state index contributed by atoms with van der Waals surface area (Å²) in [5.74, 6) is -0.555. The maximum Gasteiger partial charge on any atom is 0.309 e. The summed E-state index contributed by atoms with van der Waals surface area (Å²) in [5, 5.41) is 0. The van der Waals surface area contributed by atoms with Gasteiger partial charge in [-0.25, -0.2) is 0 Å². The number of carbonyl (C=O) groups is 2.